The lowest BCUT2D eigenvalue weighted by atomic mass is 10.2. The summed E-state index contributed by atoms with van der Waals surface area (Å²) in [6.45, 7) is 9.29. The van der Waals surface area contributed by atoms with Crippen LogP contribution in [0.2, 0.25) is 0 Å². The summed E-state index contributed by atoms with van der Waals surface area (Å²) in [5.74, 6) is 0.940. The van der Waals surface area contributed by atoms with Gasteiger partial charge in [0.15, 0.2) is 0 Å². The van der Waals surface area contributed by atoms with Crippen molar-refractivity contribution in [3.63, 3.8) is 0 Å². The van der Waals surface area contributed by atoms with E-state index >= 15 is 0 Å². The normalized spacial score (nSPS) is 9.41. The van der Waals surface area contributed by atoms with E-state index in [0.29, 0.717) is 6.61 Å². The van der Waals surface area contributed by atoms with Crippen LogP contribution in [0.4, 0.5) is 0 Å². The molecule has 0 bridgehead atoms. The zero-order valence-electron chi connectivity index (χ0n) is 11.3. The molecule has 3 heteroatoms. The fourth-order valence-electron chi connectivity index (χ4n) is 1.37. The van der Waals surface area contributed by atoms with Crippen molar-refractivity contribution in [2.45, 2.75) is 33.7 Å². The van der Waals surface area contributed by atoms with Crippen LogP contribution >= 0.6 is 0 Å². The van der Waals surface area contributed by atoms with Gasteiger partial charge in [0.1, 0.15) is 5.75 Å². The Morgan fingerprint density at radius 3 is 2.71 bits per heavy atom. The third-order valence-corrected chi connectivity index (χ3v) is 2.10. The summed E-state index contributed by atoms with van der Waals surface area (Å²) >= 11 is 0. The van der Waals surface area contributed by atoms with Crippen molar-refractivity contribution < 1.29 is 4.74 Å². The van der Waals surface area contributed by atoms with Gasteiger partial charge in [-0.3, -0.25) is 0 Å². The van der Waals surface area contributed by atoms with E-state index in [-0.39, 0.29) is 0 Å². The zero-order chi connectivity index (χ0) is 12.9. The first-order valence-electron chi connectivity index (χ1n) is 6.49. The van der Waals surface area contributed by atoms with E-state index in [2.05, 4.69) is 17.4 Å². The molecule has 0 aliphatic heterocycles. The molecule has 0 fully saturated rings. The molecule has 0 aliphatic rings. The van der Waals surface area contributed by atoms with E-state index in [1.54, 1.807) is 0 Å². The lowest BCUT2D eigenvalue weighted by molar-refractivity contribution is 0.340. The van der Waals surface area contributed by atoms with Gasteiger partial charge >= 0.3 is 0 Å². The molecule has 98 valence electrons. The second kappa shape index (κ2) is 11.4. The average molecular weight is 238 g/mol. The first kappa shape index (κ1) is 15.9. The van der Waals surface area contributed by atoms with Crippen molar-refractivity contribution in [2.24, 2.45) is 5.73 Å². The highest BCUT2D eigenvalue weighted by Gasteiger charge is 1.95. The Morgan fingerprint density at radius 1 is 1.29 bits per heavy atom. The molecule has 0 aromatic heterocycles. The molecule has 0 aliphatic carbocycles. The van der Waals surface area contributed by atoms with Gasteiger partial charge in [0.2, 0.25) is 0 Å². The fourth-order valence-corrected chi connectivity index (χ4v) is 1.37. The molecule has 3 N–H and O–H groups in total. The molecule has 0 amide bonds. The minimum atomic E-state index is 0.712. The Bertz CT molecular complexity index is 277. The highest BCUT2D eigenvalue weighted by atomic mass is 16.5. The van der Waals surface area contributed by atoms with Crippen LogP contribution < -0.4 is 15.8 Å². The number of hydrogen-bond acceptors (Lipinski definition) is 3. The van der Waals surface area contributed by atoms with Crippen LogP contribution in [0.15, 0.2) is 24.3 Å². The number of ether oxygens (including phenoxy) is 1. The van der Waals surface area contributed by atoms with Crippen LogP contribution in [0, 0.1) is 0 Å². The second-order valence-electron chi connectivity index (χ2n) is 3.40. The van der Waals surface area contributed by atoms with E-state index in [9.17, 15) is 0 Å². The fraction of sp³-hybridized carbons (Fsp3) is 0.571. The molecular formula is C14H26N2O. The standard InChI is InChI=1S/C12H20N2O.C2H6/c1-2-15-12-6-3-5-11(9-12)10-14-8-4-7-13;1-2/h3,5-6,9,14H,2,4,7-8,10,13H2,1H3;1-2H3. The van der Waals surface area contributed by atoms with Gasteiger partial charge in [-0.2, -0.15) is 0 Å². The summed E-state index contributed by atoms with van der Waals surface area (Å²) < 4.78 is 5.43. The smallest absolute Gasteiger partial charge is 0.119 e. The van der Waals surface area contributed by atoms with Gasteiger partial charge in [0, 0.05) is 6.54 Å². The lowest BCUT2D eigenvalue weighted by Crippen LogP contribution is -2.17. The molecule has 0 saturated heterocycles. The first-order chi connectivity index (χ1) is 8.36. The van der Waals surface area contributed by atoms with Gasteiger partial charge in [-0.25, -0.2) is 0 Å². The first-order valence-corrected chi connectivity index (χ1v) is 6.49. The van der Waals surface area contributed by atoms with E-state index in [1.807, 2.05) is 32.9 Å². The summed E-state index contributed by atoms with van der Waals surface area (Å²) in [5.41, 5.74) is 6.66. The monoisotopic (exact) mass is 238 g/mol. The Hall–Kier alpha value is -1.06. The number of rotatable bonds is 7. The topological polar surface area (TPSA) is 47.3 Å². The molecule has 1 rings (SSSR count). The maximum atomic E-state index is 5.43. The van der Waals surface area contributed by atoms with Gasteiger partial charge < -0.3 is 15.8 Å². The maximum absolute atomic E-state index is 5.43. The Morgan fingerprint density at radius 2 is 2.06 bits per heavy atom. The molecule has 0 spiro atoms. The van der Waals surface area contributed by atoms with Crippen molar-refractivity contribution in [1.29, 1.82) is 0 Å². The van der Waals surface area contributed by atoms with Gasteiger partial charge in [-0.15, -0.1) is 0 Å². The minimum absolute atomic E-state index is 0.712. The summed E-state index contributed by atoms with van der Waals surface area (Å²) in [6, 6.07) is 8.16. The van der Waals surface area contributed by atoms with Crippen LogP contribution in [0.5, 0.6) is 5.75 Å². The van der Waals surface area contributed by atoms with Gasteiger partial charge in [0.05, 0.1) is 6.61 Å². The molecule has 0 saturated carbocycles. The summed E-state index contributed by atoms with van der Waals surface area (Å²) in [6.07, 6.45) is 1.02. The van der Waals surface area contributed by atoms with Gasteiger partial charge in [0.25, 0.3) is 0 Å². The molecule has 1 aromatic carbocycles. The lowest BCUT2D eigenvalue weighted by Gasteiger charge is -2.07. The molecule has 0 unspecified atom stereocenters. The number of nitrogens with one attached hydrogen (secondary N) is 1. The molecule has 0 heterocycles. The molecule has 1 aromatic rings. The Kier molecular flexibility index (Phi) is 10.7. The highest BCUT2D eigenvalue weighted by Crippen LogP contribution is 2.12. The van der Waals surface area contributed by atoms with Crippen LogP contribution in [0.25, 0.3) is 0 Å². The molecule has 0 radical (unpaired) electrons. The van der Waals surface area contributed by atoms with Crippen molar-refractivity contribution in [1.82, 2.24) is 5.32 Å². The van der Waals surface area contributed by atoms with Crippen LogP contribution in [0.3, 0.4) is 0 Å². The second-order valence-corrected chi connectivity index (χ2v) is 3.40. The molecule has 17 heavy (non-hydrogen) atoms. The number of hydrogen-bond donors (Lipinski definition) is 2. The largest absolute Gasteiger partial charge is 0.494 e. The van der Waals surface area contributed by atoms with Crippen molar-refractivity contribution in [3.8, 4) is 5.75 Å². The van der Waals surface area contributed by atoms with Crippen molar-refractivity contribution in [3.05, 3.63) is 29.8 Å². The van der Waals surface area contributed by atoms with E-state index in [4.69, 9.17) is 10.5 Å². The predicted octanol–water partition coefficient (Wildman–Crippen LogP) is 2.55. The van der Waals surface area contributed by atoms with E-state index in [1.165, 1.54) is 5.56 Å². The molecule has 3 nitrogen and oxygen atoms in total. The highest BCUT2D eigenvalue weighted by molar-refractivity contribution is 5.28. The van der Waals surface area contributed by atoms with Gasteiger partial charge in [-0.05, 0) is 44.1 Å². The third-order valence-electron chi connectivity index (χ3n) is 2.10. The van der Waals surface area contributed by atoms with E-state index in [0.717, 1.165) is 31.8 Å². The maximum Gasteiger partial charge on any atom is 0.119 e. The van der Waals surface area contributed by atoms with Crippen LogP contribution in [-0.4, -0.2) is 19.7 Å². The van der Waals surface area contributed by atoms with Crippen molar-refractivity contribution >= 4 is 0 Å². The minimum Gasteiger partial charge on any atom is -0.494 e. The number of benzene rings is 1. The van der Waals surface area contributed by atoms with E-state index < -0.39 is 0 Å². The van der Waals surface area contributed by atoms with Gasteiger partial charge in [-0.1, -0.05) is 26.0 Å². The number of nitrogens with two attached hydrogens (primary N) is 1. The SMILES string of the molecule is CC.CCOc1cccc(CNCCCN)c1. The zero-order valence-corrected chi connectivity index (χ0v) is 11.3. The summed E-state index contributed by atoms with van der Waals surface area (Å²) in [5, 5.41) is 3.34. The Balaban J connectivity index is 0.00000121. The Labute approximate surface area is 105 Å². The predicted molar refractivity (Wildman–Crippen MR) is 74.3 cm³/mol. The summed E-state index contributed by atoms with van der Waals surface area (Å²) in [4.78, 5) is 0. The van der Waals surface area contributed by atoms with Crippen molar-refractivity contribution in [2.75, 3.05) is 19.7 Å². The molecular weight excluding hydrogens is 212 g/mol. The quantitative estimate of drug-likeness (QED) is 0.718. The van der Waals surface area contributed by atoms with Crippen LogP contribution in [0.1, 0.15) is 32.8 Å². The molecule has 0 atom stereocenters. The summed E-state index contributed by atoms with van der Waals surface area (Å²) in [7, 11) is 0. The average Bonchev–Trinajstić information content (AvgIpc) is 2.38. The van der Waals surface area contributed by atoms with Crippen LogP contribution in [-0.2, 0) is 6.54 Å². The third kappa shape index (κ3) is 7.77.